The van der Waals surface area contributed by atoms with Crippen molar-refractivity contribution < 1.29 is 8.85 Å². The summed E-state index contributed by atoms with van der Waals surface area (Å²) >= 11 is 0. The van der Waals surface area contributed by atoms with Gasteiger partial charge in [-0.15, -0.1) is 0 Å². The first-order valence-corrected chi connectivity index (χ1v) is 8.66. The van der Waals surface area contributed by atoms with Crippen LogP contribution in [0.25, 0.3) is 0 Å². The van der Waals surface area contributed by atoms with E-state index < -0.39 is 8.72 Å². The summed E-state index contributed by atoms with van der Waals surface area (Å²) in [5.74, 6) is 0. The van der Waals surface area contributed by atoms with Crippen LogP contribution < -0.4 is 4.98 Å². The largest absolute Gasteiger partial charge is 0.430 e. The second-order valence-corrected chi connectivity index (χ2v) is 9.46. The molecule has 0 saturated carbocycles. The Labute approximate surface area is 109 Å². The monoisotopic (exact) mass is 261 g/mol. The van der Waals surface area contributed by atoms with Crippen molar-refractivity contribution >= 4 is 8.72 Å². The van der Waals surface area contributed by atoms with Crippen molar-refractivity contribution in [1.82, 2.24) is 4.98 Å². The summed E-state index contributed by atoms with van der Waals surface area (Å²) in [5, 5.41) is 0.0294. The second kappa shape index (κ2) is 7.51. The summed E-state index contributed by atoms with van der Waals surface area (Å²) < 4.78 is 12.3. The van der Waals surface area contributed by atoms with Gasteiger partial charge in [-0.3, -0.25) is 4.98 Å². The number of hydrogen-bond acceptors (Lipinski definition) is 3. The molecule has 3 nitrogen and oxygen atoms in total. The van der Waals surface area contributed by atoms with Crippen molar-refractivity contribution in [2.75, 3.05) is 13.2 Å². The highest BCUT2D eigenvalue weighted by molar-refractivity contribution is 6.68. The molecule has 0 rings (SSSR count). The first-order valence-electron chi connectivity index (χ1n) is 6.84. The van der Waals surface area contributed by atoms with E-state index in [2.05, 4.69) is 53.4 Å². The topological polar surface area (TPSA) is 30.5 Å². The fraction of sp³-hybridized carbons (Fsp3) is 1.00. The van der Waals surface area contributed by atoms with Gasteiger partial charge in [0.1, 0.15) is 0 Å². The molecule has 0 aromatic carbocycles. The Morgan fingerprint density at radius 2 is 1.41 bits per heavy atom. The van der Waals surface area contributed by atoms with Crippen molar-refractivity contribution in [2.24, 2.45) is 0 Å². The normalized spacial score (nSPS) is 13.4. The molecule has 0 amide bonds. The Hall–Kier alpha value is 0.0969. The Balaban J connectivity index is 4.91. The van der Waals surface area contributed by atoms with Crippen LogP contribution >= 0.6 is 0 Å². The van der Waals surface area contributed by atoms with E-state index in [1.54, 1.807) is 0 Å². The molecule has 0 aromatic heterocycles. The Bertz CT molecular complexity index is 194. The lowest BCUT2D eigenvalue weighted by Crippen LogP contribution is -2.64. The summed E-state index contributed by atoms with van der Waals surface area (Å²) in [5.41, 5.74) is 0. The molecule has 1 N–H and O–H groups in total. The van der Waals surface area contributed by atoms with Gasteiger partial charge in [-0.25, -0.2) is 0 Å². The lowest BCUT2D eigenvalue weighted by atomic mass is 10.3. The van der Waals surface area contributed by atoms with Crippen LogP contribution in [0.5, 0.6) is 0 Å². The third-order valence-corrected chi connectivity index (χ3v) is 6.64. The van der Waals surface area contributed by atoms with Gasteiger partial charge in [-0.2, -0.15) is 0 Å². The highest BCUT2D eigenvalue weighted by atomic mass is 28.4. The third kappa shape index (κ3) is 5.51. The van der Waals surface area contributed by atoms with Gasteiger partial charge in [0.2, 0.25) is 0 Å². The first kappa shape index (κ1) is 17.1. The average molecular weight is 261 g/mol. The maximum atomic E-state index is 6.16. The van der Waals surface area contributed by atoms with E-state index in [9.17, 15) is 0 Å². The summed E-state index contributed by atoms with van der Waals surface area (Å²) in [6.45, 7) is 16.7. The van der Waals surface area contributed by atoms with Crippen LogP contribution in [0.3, 0.4) is 0 Å². The molecule has 0 atom stereocenters. The van der Waals surface area contributed by atoms with Crippen LogP contribution in [0.1, 0.15) is 61.3 Å². The van der Waals surface area contributed by atoms with Crippen LogP contribution in [0.2, 0.25) is 5.04 Å². The van der Waals surface area contributed by atoms with Gasteiger partial charge in [-0.05, 0) is 18.9 Å². The zero-order chi connectivity index (χ0) is 13.5. The maximum absolute atomic E-state index is 6.16. The van der Waals surface area contributed by atoms with Crippen LogP contribution in [0, 0.1) is 0 Å². The van der Waals surface area contributed by atoms with Crippen molar-refractivity contribution in [3.8, 4) is 0 Å². The van der Waals surface area contributed by atoms with Gasteiger partial charge >= 0.3 is 8.72 Å². The minimum Gasteiger partial charge on any atom is -0.382 e. The second-order valence-electron chi connectivity index (χ2n) is 5.86. The molecule has 0 spiro atoms. The van der Waals surface area contributed by atoms with E-state index >= 15 is 0 Å². The molecule has 0 saturated heterocycles. The average Bonchev–Trinajstić information content (AvgIpc) is 2.19. The number of nitrogens with one attached hydrogen (secondary N) is 1. The van der Waals surface area contributed by atoms with Crippen LogP contribution in [-0.2, 0) is 8.85 Å². The van der Waals surface area contributed by atoms with Gasteiger partial charge in [0.05, 0.1) is 0 Å². The van der Waals surface area contributed by atoms with Crippen LogP contribution in [0.15, 0.2) is 0 Å². The molecule has 0 heterocycles. The van der Waals surface area contributed by atoms with Crippen LogP contribution in [-0.4, -0.2) is 28.0 Å². The smallest absolute Gasteiger partial charge is 0.382 e. The Morgan fingerprint density at radius 1 is 1.00 bits per heavy atom. The molecular formula is C13H31NO2Si. The Kier molecular flexibility index (Phi) is 7.56. The quantitative estimate of drug-likeness (QED) is 0.678. The van der Waals surface area contributed by atoms with Gasteiger partial charge in [0, 0.05) is 18.3 Å². The Morgan fingerprint density at radius 3 is 1.65 bits per heavy atom. The number of rotatable bonds is 8. The van der Waals surface area contributed by atoms with Crippen molar-refractivity contribution in [1.29, 1.82) is 0 Å². The molecular weight excluding hydrogens is 230 g/mol. The van der Waals surface area contributed by atoms with E-state index in [0.717, 1.165) is 26.1 Å². The van der Waals surface area contributed by atoms with E-state index in [-0.39, 0.29) is 5.04 Å². The standard InChI is InChI=1S/C13H31NO2Si/c1-8-10-15-17(13(5,6)7,14-12(3)4)16-11-9-2/h12,14H,8-11H2,1-7H3. The zero-order valence-corrected chi connectivity index (χ0v) is 13.7. The van der Waals surface area contributed by atoms with E-state index in [0.29, 0.717) is 6.04 Å². The predicted octanol–water partition coefficient (Wildman–Crippen LogP) is 3.58. The van der Waals surface area contributed by atoms with E-state index in [4.69, 9.17) is 8.85 Å². The lowest BCUT2D eigenvalue weighted by Gasteiger charge is -2.41. The maximum Gasteiger partial charge on any atom is 0.430 e. The SMILES string of the molecule is CCCO[Si](NC(C)C)(OCCC)C(C)(C)C. The molecule has 17 heavy (non-hydrogen) atoms. The third-order valence-electron chi connectivity index (χ3n) is 2.48. The summed E-state index contributed by atoms with van der Waals surface area (Å²) in [6, 6.07) is 0.384. The molecule has 0 aliphatic heterocycles. The van der Waals surface area contributed by atoms with Gasteiger partial charge in [-0.1, -0.05) is 48.5 Å². The van der Waals surface area contributed by atoms with Crippen molar-refractivity contribution in [3.63, 3.8) is 0 Å². The van der Waals surface area contributed by atoms with Gasteiger partial charge < -0.3 is 8.85 Å². The minimum atomic E-state index is -2.35. The summed E-state index contributed by atoms with van der Waals surface area (Å²) in [7, 11) is -2.35. The minimum absolute atomic E-state index is 0.0294. The van der Waals surface area contributed by atoms with Gasteiger partial charge in [0.15, 0.2) is 0 Å². The fourth-order valence-corrected chi connectivity index (χ4v) is 4.94. The van der Waals surface area contributed by atoms with Crippen molar-refractivity contribution in [2.45, 2.75) is 72.4 Å². The molecule has 4 heteroatoms. The molecule has 0 aliphatic rings. The zero-order valence-electron chi connectivity index (χ0n) is 12.7. The highest BCUT2D eigenvalue weighted by Gasteiger charge is 2.50. The molecule has 0 fully saturated rings. The molecule has 0 unspecified atom stereocenters. The van der Waals surface area contributed by atoms with Crippen molar-refractivity contribution in [3.05, 3.63) is 0 Å². The summed E-state index contributed by atoms with van der Waals surface area (Å²) in [6.07, 6.45) is 2.06. The van der Waals surface area contributed by atoms with Crippen LogP contribution in [0.4, 0.5) is 0 Å². The molecule has 0 aliphatic carbocycles. The summed E-state index contributed by atoms with van der Waals surface area (Å²) in [4.78, 5) is 3.60. The molecule has 0 radical (unpaired) electrons. The number of hydrogen-bond donors (Lipinski definition) is 1. The molecule has 0 aromatic rings. The lowest BCUT2D eigenvalue weighted by molar-refractivity contribution is 0.133. The predicted molar refractivity (Wildman–Crippen MR) is 76.2 cm³/mol. The van der Waals surface area contributed by atoms with E-state index in [1.165, 1.54) is 0 Å². The molecule has 104 valence electrons. The fourth-order valence-electron chi connectivity index (χ4n) is 1.65. The molecule has 0 bridgehead atoms. The van der Waals surface area contributed by atoms with E-state index in [1.807, 2.05) is 0 Å². The van der Waals surface area contributed by atoms with Gasteiger partial charge in [0.25, 0.3) is 0 Å². The highest BCUT2D eigenvalue weighted by Crippen LogP contribution is 2.36. The first-order chi connectivity index (χ1) is 7.79.